The number of ether oxygens (including phenoxy) is 3. The molecule has 0 saturated heterocycles. The van der Waals surface area contributed by atoms with Gasteiger partial charge in [0, 0.05) is 19.3 Å². The van der Waals surface area contributed by atoms with Gasteiger partial charge in [-0.3, -0.25) is 14.4 Å². The Bertz CT molecular complexity index is 1050. The van der Waals surface area contributed by atoms with Crippen LogP contribution >= 0.6 is 0 Å². The van der Waals surface area contributed by atoms with Crippen LogP contribution in [-0.2, 0) is 28.6 Å². The van der Waals surface area contributed by atoms with Crippen LogP contribution < -0.4 is 0 Å². The average Bonchev–Trinajstić information content (AvgIpc) is 3.21. The van der Waals surface area contributed by atoms with E-state index in [0.29, 0.717) is 19.3 Å². The number of carbonyl (C=O) groups is 3. The van der Waals surface area contributed by atoms with E-state index in [0.717, 1.165) is 64.2 Å². The zero-order valence-electron chi connectivity index (χ0n) is 37.3. The first kappa shape index (κ1) is 54.1. The van der Waals surface area contributed by atoms with E-state index in [2.05, 4.69) is 75.5 Å². The Morgan fingerprint density at radius 3 is 1.25 bits per heavy atom. The van der Waals surface area contributed by atoms with Gasteiger partial charge in [0.2, 0.25) is 0 Å². The highest BCUT2D eigenvalue weighted by Crippen LogP contribution is 2.13. The standard InChI is InChI=1S/C51H88O6/c1-4-7-10-13-16-19-22-24-25-27-29-32-35-38-41-44-50(53)56-47-48(46-55-49(52)43-40-37-34-31-28-21-18-15-12-9-6-3)57-51(54)45-42-39-36-33-30-26-23-20-17-14-11-8-5-2/h15,18-19,21-22,26,28,30,36,39,48H,4-14,16-17,20,23-25,27,29,31-35,37-38,40-47H2,1-3H3/b18-15-,22-19-,28-21-,30-26-,39-36-. The van der Waals surface area contributed by atoms with E-state index in [1.54, 1.807) is 0 Å². The van der Waals surface area contributed by atoms with Crippen LogP contribution in [0.1, 0.15) is 226 Å². The molecule has 0 bridgehead atoms. The van der Waals surface area contributed by atoms with Crippen LogP contribution in [0.3, 0.4) is 0 Å². The number of allylic oxidation sites excluding steroid dienone is 10. The first-order chi connectivity index (χ1) is 28.0. The lowest BCUT2D eigenvalue weighted by Gasteiger charge is -2.18. The Hall–Kier alpha value is -2.89. The van der Waals surface area contributed by atoms with Gasteiger partial charge in [-0.15, -0.1) is 0 Å². The third-order valence-corrected chi connectivity index (χ3v) is 10.0. The van der Waals surface area contributed by atoms with Gasteiger partial charge >= 0.3 is 17.9 Å². The van der Waals surface area contributed by atoms with Crippen LogP contribution in [0.4, 0.5) is 0 Å². The van der Waals surface area contributed by atoms with E-state index in [4.69, 9.17) is 14.2 Å². The van der Waals surface area contributed by atoms with E-state index in [1.807, 2.05) is 6.08 Å². The molecule has 1 unspecified atom stereocenters. The summed E-state index contributed by atoms with van der Waals surface area (Å²) in [4.78, 5) is 37.7. The van der Waals surface area contributed by atoms with Crippen molar-refractivity contribution >= 4 is 17.9 Å². The Labute approximate surface area is 351 Å². The second-order valence-electron chi connectivity index (χ2n) is 15.7. The average molecular weight is 797 g/mol. The number of unbranched alkanes of at least 4 members (excludes halogenated alkanes) is 22. The SMILES string of the molecule is CCCC/C=C\C=C/CCCCCC(=O)OCC(COC(=O)CCCCCCCCC/C=C\CCCCCC)OC(=O)CC/C=C\C/C=C\CCCCCCCC. The van der Waals surface area contributed by atoms with Crippen LogP contribution in [0.25, 0.3) is 0 Å². The summed E-state index contributed by atoms with van der Waals surface area (Å²) >= 11 is 0. The van der Waals surface area contributed by atoms with Gasteiger partial charge in [-0.2, -0.15) is 0 Å². The molecular weight excluding hydrogens is 709 g/mol. The fourth-order valence-corrected chi connectivity index (χ4v) is 6.35. The van der Waals surface area contributed by atoms with E-state index >= 15 is 0 Å². The van der Waals surface area contributed by atoms with E-state index in [9.17, 15) is 14.4 Å². The minimum absolute atomic E-state index is 0.108. The van der Waals surface area contributed by atoms with Gasteiger partial charge in [-0.1, -0.05) is 184 Å². The lowest BCUT2D eigenvalue weighted by molar-refractivity contribution is -0.166. The van der Waals surface area contributed by atoms with Gasteiger partial charge in [0.1, 0.15) is 13.2 Å². The predicted molar refractivity (Wildman–Crippen MR) is 242 cm³/mol. The van der Waals surface area contributed by atoms with Crippen molar-refractivity contribution in [2.75, 3.05) is 13.2 Å². The molecule has 0 rings (SSSR count). The van der Waals surface area contributed by atoms with Crippen molar-refractivity contribution in [1.82, 2.24) is 0 Å². The molecular formula is C51H88O6. The van der Waals surface area contributed by atoms with E-state index in [1.165, 1.54) is 116 Å². The van der Waals surface area contributed by atoms with Gasteiger partial charge in [-0.05, 0) is 83.5 Å². The number of esters is 3. The Morgan fingerprint density at radius 1 is 0.368 bits per heavy atom. The molecule has 57 heavy (non-hydrogen) atoms. The molecule has 0 aromatic rings. The van der Waals surface area contributed by atoms with Crippen LogP contribution in [-0.4, -0.2) is 37.2 Å². The summed E-state index contributed by atoms with van der Waals surface area (Å²) in [6, 6.07) is 0. The van der Waals surface area contributed by atoms with Crippen molar-refractivity contribution in [2.45, 2.75) is 232 Å². The second-order valence-corrected chi connectivity index (χ2v) is 15.7. The van der Waals surface area contributed by atoms with E-state index in [-0.39, 0.29) is 37.5 Å². The molecule has 0 fully saturated rings. The molecule has 0 amide bonds. The van der Waals surface area contributed by atoms with Crippen LogP contribution in [0.15, 0.2) is 60.8 Å². The zero-order valence-corrected chi connectivity index (χ0v) is 37.3. The summed E-state index contributed by atoms with van der Waals surface area (Å²) in [6.07, 6.45) is 55.0. The highest BCUT2D eigenvalue weighted by atomic mass is 16.6. The maximum atomic E-state index is 12.7. The maximum Gasteiger partial charge on any atom is 0.306 e. The van der Waals surface area contributed by atoms with Gasteiger partial charge in [-0.25, -0.2) is 0 Å². The minimum atomic E-state index is -0.814. The normalized spacial score (nSPS) is 12.5. The van der Waals surface area contributed by atoms with Crippen LogP contribution in [0.2, 0.25) is 0 Å². The molecule has 0 heterocycles. The lowest BCUT2D eigenvalue weighted by atomic mass is 10.1. The van der Waals surface area contributed by atoms with Crippen molar-refractivity contribution < 1.29 is 28.6 Å². The zero-order chi connectivity index (χ0) is 41.5. The molecule has 6 nitrogen and oxygen atoms in total. The van der Waals surface area contributed by atoms with Gasteiger partial charge < -0.3 is 14.2 Å². The molecule has 0 aliphatic heterocycles. The smallest absolute Gasteiger partial charge is 0.306 e. The molecule has 0 spiro atoms. The topological polar surface area (TPSA) is 78.9 Å². The Balaban J connectivity index is 4.47. The quantitative estimate of drug-likeness (QED) is 0.0201. The summed E-state index contributed by atoms with van der Waals surface area (Å²) in [6.45, 7) is 6.47. The number of carbonyl (C=O) groups excluding carboxylic acids is 3. The molecule has 328 valence electrons. The Kier molecular flexibility index (Phi) is 43.5. The molecule has 0 aliphatic rings. The van der Waals surface area contributed by atoms with Crippen molar-refractivity contribution in [3.05, 3.63) is 60.8 Å². The summed E-state index contributed by atoms with van der Waals surface area (Å²) in [5.41, 5.74) is 0. The van der Waals surface area contributed by atoms with Gasteiger partial charge in [0.25, 0.3) is 0 Å². The van der Waals surface area contributed by atoms with Crippen molar-refractivity contribution in [3.8, 4) is 0 Å². The summed E-state index contributed by atoms with van der Waals surface area (Å²) in [7, 11) is 0. The molecule has 0 N–H and O–H groups in total. The molecule has 1 atom stereocenters. The van der Waals surface area contributed by atoms with Crippen molar-refractivity contribution in [3.63, 3.8) is 0 Å². The third kappa shape index (κ3) is 44.1. The molecule has 0 saturated carbocycles. The monoisotopic (exact) mass is 797 g/mol. The van der Waals surface area contributed by atoms with E-state index < -0.39 is 6.10 Å². The predicted octanol–water partition coefficient (Wildman–Crippen LogP) is 15.3. The highest BCUT2D eigenvalue weighted by molar-refractivity contribution is 5.71. The largest absolute Gasteiger partial charge is 0.462 e. The maximum absolute atomic E-state index is 12.7. The highest BCUT2D eigenvalue weighted by Gasteiger charge is 2.19. The molecule has 0 aliphatic carbocycles. The molecule has 0 radical (unpaired) electrons. The minimum Gasteiger partial charge on any atom is -0.462 e. The first-order valence-electron chi connectivity index (χ1n) is 23.8. The summed E-state index contributed by atoms with van der Waals surface area (Å²) in [5.74, 6) is -1.01. The fraction of sp³-hybridized carbons (Fsp3) is 0.745. The van der Waals surface area contributed by atoms with Gasteiger partial charge in [0.15, 0.2) is 6.10 Å². The molecule has 0 aromatic heterocycles. The Morgan fingerprint density at radius 2 is 0.737 bits per heavy atom. The van der Waals surface area contributed by atoms with Crippen LogP contribution in [0.5, 0.6) is 0 Å². The van der Waals surface area contributed by atoms with Gasteiger partial charge in [0.05, 0.1) is 0 Å². The summed E-state index contributed by atoms with van der Waals surface area (Å²) < 4.78 is 16.6. The lowest BCUT2D eigenvalue weighted by Crippen LogP contribution is -2.30. The van der Waals surface area contributed by atoms with Crippen molar-refractivity contribution in [2.24, 2.45) is 0 Å². The molecule has 0 aromatic carbocycles. The third-order valence-electron chi connectivity index (χ3n) is 10.0. The summed E-state index contributed by atoms with van der Waals surface area (Å²) in [5, 5.41) is 0. The number of hydrogen-bond acceptors (Lipinski definition) is 6. The first-order valence-corrected chi connectivity index (χ1v) is 23.8. The second kappa shape index (κ2) is 45.8. The number of hydrogen-bond donors (Lipinski definition) is 0. The van der Waals surface area contributed by atoms with Crippen LogP contribution in [0, 0.1) is 0 Å². The molecule has 6 heteroatoms. The fourth-order valence-electron chi connectivity index (χ4n) is 6.35. The van der Waals surface area contributed by atoms with Crippen molar-refractivity contribution in [1.29, 1.82) is 0 Å². The number of rotatable bonds is 42.